The van der Waals surface area contributed by atoms with E-state index < -0.39 is 11.2 Å². The summed E-state index contributed by atoms with van der Waals surface area (Å²) in [5, 5.41) is 0.290. The van der Waals surface area contributed by atoms with Crippen molar-refractivity contribution in [2.24, 2.45) is 11.7 Å². The van der Waals surface area contributed by atoms with Crippen LogP contribution in [0.3, 0.4) is 0 Å². The van der Waals surface area contributed by atoms with E-state index in [1.807, 2.05) is 18.7 Å². The molecule has 2 fully saturated rings. The molecule has 1 aliphatic carbocycles. The molecule has 0 bridgehead atoms. The molecule has 2 heterocycles. The highest BCUT2D eigenvalue weighted by Gasteiger charge is 2.33. The van der Waals surface area contributed by atoms with Gasteiger partial charge in [-0.25, -0.2) is 9.18 Å². The lowest BCUT2D eigenvalue weighted by Crippen LogP contribution is -2.33. The van der Waals surface area contributed by atoms with Crippen LogP contribution < -0.4 is 21.9 Å². The predicted octanol–water partition coefficient (Wildman–Crippen LogP) is 1.95. The zero-order chi connectivity index (χ0) is 18.7. The van der Waals surface area contributed by atoms with E-state index in [4.69, 9.17) is 5.73 Å². The average Bonchev–Trinajstić information content (AvgIpc) is 3.28. The number of aromatic amines is 1. The second-order valence-electron chi connectivity index (χ2n) is 7.85. The number of aryl methyl sites for hydroxylation is 2. The molecule has 2 aliphatic rings. The van der Waals surface area contributed by atoms with Gasteiger partial charge in [0.05, 0.1) is 16.6 Å². The third-order valence-electron chi connectivity index (χ3n) is 5.96. The van der Waals surface area contributed by atoms with E-state index in [9.17, 15) is 9.59 Å². The van der Waals surface area contributed by atoms with Crippen LogP contribution in [0.15, 0.2) is 9.59 Å². The topological polar surface area (TPSA) is 84.1 Å². The maximum Gasteiger partial charge on any atom is 0.329 e. The highest BCUT2D eigenvalue weighted by atomic mass is 19.1. The monoisotopic (exact) mass is 360 g/mol. The lowest BCUT2D eigenvalue weighted by atomic mass is 10.0. The van der Waals surface area contributed by atoms with Crippen LogP contribution in [0.5, 0.6) is 0 Å². The fourth-order valence-electron chi connectivity index (χ4n) is 4.31. The van der Waals surface area contributed by atoms with Crippen molar-refractivity contribution in [3.63, 3.8) is 0 Å². The standard InChI is InChI=1S/C19H25FN4O2/c1-9-14-16(24(13-4-5-13)19(26)22-18(14)25)10(2)17(15(9)20)23-7-6-12(8-23)11(3)21/h11-13H,4-8,21H2,1-3H3,(H,22,25,26)/t11-,12?/m0/s1. The molecule has 1 aliphatic heterocycles. The van der Waals surface area contributed by atoms with Crippen LogP contribution in [0.25, 0.3) is 10.9 Å². The number of fused-ring (bicyclic) bond motifs is 1. The first kappa shape index (κ1) is 17.3. The van der Waals surface area contributed by atoms with Crippen LogP contribution >= 0.6 is 0 Å². The van der Waals surface area contributed by atoms with E-state index in [1.54, 1.807) is 11.5 Å². The summed E-state index contributed by atoms with van der Waals surface area (Å²) in [5.41, 5.74) is 7.19. The molecule has 0 spiro atoms. The zero-order valence-corrected chi connectivity index (χ0v) is 15.4. The summed E-state index contributed by atoms with van der Waals surface area (Å²) in [6.45, 7) is 6.84. The molecule has 1 aromatic carbocycles. The maximum atomic E-state index is 15.3. The smallest absolute Gasteiger partial charge is 0.329 e. The molecule has 1 saturated carbocycles. The highest BCUT2D eigenvalue weighted by molar-refractivity contribution is 5.90. The molecule has 1 saturated heterocycles. The van der Waals surface area contributed by atoms with Crippen molar-refractivity contribution in [1.29, 1.82) is 0 Å². The second-order valence-corrected chi connectivity index (χ2v) is 7.85. The molecule has 2 atom stereocenters. The maximum absolute atomic E-state index is 15.3. The van der Waals surface area contributed by atoms with Gasteiger partial charge < -0.3 is 10.6 Å². The fraction of sp³-hybridized carbons (Fsp3) is 0.579. The fourth-order valence-corrected chi connectivity index (χ4v) is 4.31. The molecule has 140 valence electrons. The molecule has 3 N–H and O–H groups in total. The number of nitrogens with zero attached hydrogens (tertiary/aromatic N) is 2. The SMILES string of the molecule is Cc1c(F)c(N2CCC([C@H](C)N)C2)c(C)c2c1c(=O)[nH]c(=O)n2C1CC1. The van der Waals surface area contributed by atoms with Crippen LogP contribution in [0.4, 0.5) is 10.1 Å². The van der Waals surface area contributed by atoms with Crippen molar-refractivity contribution in [3.8, 4) is 0 Å². The van der Waals surface area contributed by atoms with E-state index in [0.717, 1.165) is 25.8 Å². The number of hydrogen-bond acceptors (Lipinski definition) is 4. The van der Waals surface area contributed by atoms with E-state index in [2.05, 4.69) is 4.98 Å². The van der Waals surface area contributed by atoms with Crippen molar-refractivity contribution in [2.45, 2.75) is 52.1 Å². The summed E-state index contributed by atoms with van der Waals surface area (Å²) in [7, 11) is 0. The average molecular weight is 360 g/mol. The summed E-state index contributed by atoms with van der Waals surface area (Å²) in [6.07, 6.45) is 2.73. The number of halogens is 1. The predicted molar refractivity (Wildman–Crippen MR) is 101 cm³/mol. The minimum absolute atomic E-state index is 0.0532. The Morgan fingerprint density at radius 2 is 1.88 bits per heavy atom. The molecule has 1 unspecified atom stereocenters. The first-order valence-electron chi connectivity index (χ1n) is 9.29. The van der Waals surface area contributed by atoms with Crippen molar-refractivity contribution in [2.75, 3.05) is 18.0 Å². The van der Waals surface area contributed by atoms with Crippen molar-refractivity contribution < 1.29 is 4.39 Å². The van der Waals surface area contributed by atoms with Gasteiger partial charge in [-0.2, -0.15) is 0 Å². The van der Waals surface area contributed by atoms with Gasteiger partial charge in [-0.1, -0.05) is 0 Å². The molecule has 4 rings (SSSR count). The van der Waals surface area contributed by atoms with Gasteiger partial charge >= 0.3 is 5.69 Å². The number of aromatic nitrogens is 2. The zero-order valence-electron chi connectivity index (χ0n) is 15.4. The Kier molecular flexibility index (Phi) is 3.95. The van der Waals surface area contributed by atoms with Crippen LogP contribution in [0, 0.1) is 25.6 Å². The first-order chi connectivity index (χ1) is 12.3. The summed E-state index contributed by atoms with van der Waals surface area (Å²) in [6, 6.07) is 0.145. The molecule has 6 nitrogen and oxygen atoms in total. The Morgan fingerprint density at radius 3 is 2.46 bits per heavy atom. The van der Waals surface area contributed by atoms with Crippen molar-refractivity contribution >= 4 is 16.6 Å². The third kappa shape index (κ3) is 2.48. The third-order valence-corrected chi connectivity index (χ3v) is 5.96. The van der Waals surface area contributed by atoms with E-state index in [-0.39, 0.29) is 23.3 Å². The minimum atomic E-state index is -0.511. The Labute approximate surface area is 150 Å². The van der Waals surface area contributed by atoms with Gasteiger partial charge in [-0.15, -0.1) is 0 Å². The highest BCUT2D eigenvalue weighted by Crippen LogP contribution is 2.40. The van der Waals surface area contributed by atoms with Gasteiger partial charge in [0.1, 0.15) is 0 Å². The van der Waals surface area contributed by atoms with Gasteiger partial charge in [0.2, 0.25) is 0 Å². The van der Waals surface area contributed by atoms with Crippen molar-refractivity contribution in [3.05, 3.63) is 37.8 Å². The van der Waals surface area contributed by atoms with Gasteiger partial charge in [-0.3, -0.25) is 14.3 Å². The van der Waals surface area contributed by atoms with Crippen LogP contribution in [-0.2, 0) is 0 Å². The van der Waals surface area contributed by atoms with E-state index in [1.165, 1.54) is 0 Å². The summed E-state index contributed by atoms with van der Waals surface area (Å²) < 4.78 is 16.9. The van der Waals surface area contributed by atoms with Gasteiger partial charge in [-0.05, 0) is 46.0 Å². The summed E-state index contributed by atoms with van der Waals surface area (Å²) in [5.74, 6) is -0.0542. The molecule has 7 heteroatoms. The molecular weight excluding hydrogens is 335 g/mol. The number of hydrogen-bond donors (Lipinski definition) is 2. The van der Waals surface area contributed by atoms with Crippen LogP contribution in [-0.4, -0.2) is 28.7 Å². The van der Waals surface area contributed by atoms with E-state index in [0.29, 0.717) is 34.8 Å². The number of benzene rings is 1. The van der Waals surface area contributed by atoms with Gasteiger partial charge in [0.15, 0.2) is 5.82 Å². The molecule has 0 amide bonds. The van der Waals surface area contributed by atoms with Gasteiger partial charge in [0.25, 0.3) is 5.56 Å². The molecule has 26 heavy (non-hydrogen) atoms. The Bertz CT molecular complexity index is 1000. The normalized spacial score (nSPS) is 21.6. The number of nitrogens with two attached hydrogens (primary N) is 1. The van der Waals surface area contributed by atoms with Crippen LogP contribution in [0.2, 0.25) is 0 Å². The first-order valence-corrected chi connectivity index (χ1v) is 9.29. The summed E-state index contributed by atoms with van der Waals surface area (Å²) in [4.78, 5) is 29.3. The number of rotatable bonds is 3. The quantitative estimate of drug-likeness (QED) is 0.876. The van der Waals surface area contributed by atoms with Gasteiger partial charge in [0, 0.05) is 36.3 Å². The molecule has 1 aromatic heterocycles. The number of nitrogens with one attached hydrogen (secondary N) is 1. The Hall–Kier alpha value is -2.15. The lowest BCUT2D eigenvalue weighted by Gasteiger charge is -2.25. The second kappa shape index (κ2) is 5.94. The molecular formula is C19H25FN4O2. The van der Waals surface area contributed by atoms with Crippen LogP contribution in [0.1, 0.15) is 43.4 Å². The summed E-state index contributed by atoms with van der Waals surface area (Å²) >= 11 is 0. The number of anilines is 1. The van der Waals surface area contributed by atoms with Crippen molar-refractivity contribution in [1.82, 2.24) is 9.55 Å². The molecule has 0 radical (unpaired) electrons. The lowest BCUT2D eigenvalue weighted by molar-refractivity contribution is 0.487. The molecule has 2 aromatic rings. The Morgan fingerprint density at radius 1 is 1.19 bits per heavy atom. The number of H-pyrrole nitrogens is 1. The Balaban J connectivity index is 2.00. The largest absolute Gasteiger partial charge is 0.369 e. The minimum Gasteiger partial charge on any atom is -0.369 e. The van der Waals surface area contributed by atoms with E-state index >= 15 is 4.39 Å².